The molecular formula is C19H25N7. The van der Waals surface area contributed by atoms with Crippen LogP contribution >= 0.6 is 0 Å². The summed E-state index contributed by atoms with van der Waals surface area (Å²) >= 11 is 0. The zero-order chi connectivity index (χ0) is 17.9. The monoisotopic (exact) mass is 351 g/mol. The molecule has 1 saturated carbocycles. The molecule has 4 rings (SSSR count). The van der Waals surface area contributed by atoms with Crippen LogP contribution < -0.4 is 10.6 Å². The van der Waals surface area contributed by atoms with Gasteiger partial charge in [0.15, 0.2) is 5.82 Å². The fourth-order valence-corrected chi connectivity index (χ4v) is 3.08. The molecule has 0 aromatic carbocycles. The predicted molar refractivity (Wildman–Crippen MR) is 102 cm³/mol. The van der Waals surface area contributed by atoms with Crippen LogP contribution in [0.5, 0.6) is 0 Å². The van der Waals surface area contributed by atoms with Gasteiger partial charge in [-0.05, 0) is 37.8 Å². The van der Waals surface area contributed by atoms with Gasteiger partial charge in [0, 0.05) is 24.2 Å². The minimum Gasteiger partial charge on any atom is -0.376 e. The average Bonchev–Trinajstić information content (AvgIpc) is 3.44. The smallest absolute Gasteiger partial charge is 0.201 e. The van der Waals surface area contributed by atoms with Crippen LogP contribution in [0.2, 0.25) is 0 Å². The molecule has 2 N–H and O–H groups in total. The number of hydrogen-bond donors (Lipinski definition) is 2. The number of pyridine rings is 1. The molecule has 0 bridgehead atoms. The molecular weight excluding hydrogens is 326 g/mol. The van der Waals surface area contributed by atoms with Gasteiger partial charge in [-0.1, -0.05) is 19.9 Å². The summed E-state index contributed by atoms with van der Waals surface area (Å²) in [5.41, 5.74) is 2.69. The lowest BCUT2D eigenvalue weighted by Crippen LogP contribution is -2.19. The summed E-state index contributed by atoms with van der Waals surface area (Å²) in [5.74, 6) is 2.31. The van der Waals surface area contributed by atoms with Crippen molar-refractivity contribution in [3.05, 3.63) is 42.0 Å². The van der Waals surface area contributed by atoms with Crippen LogP contribution in [0, 0.1) is 0 Å². The lowest BCUT2D eigenvalue weighted by molar-refractivity contribution is 0.664. The van der Waals surface area contributed by atoms with E-state index in [1.54, 1.807) is 0 Å². The van der Waals surface area contributed by atoms with Gasteiger partial charge in [-0.2, -0.15) is 4.52 Å². The maximum absolute atomic E-state index is 4.77. The largest absolute Gasteiger partial charge is 0.376 e. The molecule has 0 unspecified atom stereocenters. The summed E-state index contributed by atoms with van der Waals surface area (Å²) in [4.78, 5) is 4.38. The molecule has 7 nitrogen and oxygen atoms in total. The van der Waals surface area contributed by atoms with Crippen LogP contribution in [0.15, 0.2) is 30.5 Å². The Morgan fingerprint density at radius 3 is 2.73 bits per heavy atom. The van der Waals surface area contributed by atoms with Crippen molar-refractivity contribution in [2.75, 3.05) is 10.6 Å². The Balaban J connectivity index is 1.67. The number of fused-ring (bicyclic) bond motifs is 1. The molecule has 0 radical (unpaired) electrons. The lowest BCUT2D eigenvalue weighted by atomic mass is 10.2. The van der Waals surface area contributed by atoms with Crippen LogP contribution in [0.1, 0.15) is 57.0 Å². The quantitative estimate of drug-likeness (QED) is 0.645. The van der Waals surface area contributed by atoms with Crippen molar-refractivity contribution in [3.8, 4) is 0 Å². The first-order valence-electron chi connectivity index (χ1n) is 9.45. The number of rotatable bonds is 8. The third kappa shape index (κ3) is 3.47. The Morgan fingerprint density at radius 1 is 1.19 bits per heavy atom. The van der Waals surface area contributed by atoms with Crippen molar-refractivity contribution in [3.63, 3.8) is 0 Å². The van der Waals surface area contributed by atoms with Crippen LogP contribution in [-0.4, -0.2) is 30.8 Å². The van der Waals surface area contributed by atoms with E-state index in [2.05, 4.69) is 39.7 Å². The zero-order valence-electron chi connectivity index (χ0n) is 15.3. The zero-order valence-corrected chi connectivity index (χ0v) is 15.3. The highest BCUT2D eigenvalue weighted by molar-refractivity contribution is 5.70. The number of nitrogens with one attached hydrogen (secondary N) is 2. The van der Waals surface area contributed by atoms with Crippen molar-refractivity contribution >= 4 is 17.2 Å². The Kier molecular flexibility index (Phi) is 4.69. The van der Waals surface area contributed by atoms with Crippen molar-refractivity contribution in [1.29, 1.82) is 0 Å². The molecule has 26 heavy (non-hydrogen) atoms. The van der Waals surface area contributed by atoms with Crippen molar-refractivity contribution < 1.29 is 0 Å². The Morgan fingerprint density at radius 2 is 2.04 bits per heavy atom. The van der Waals surface area contributed by atoms with Crippen molar-refractivity contribution in [2.45, 2.75) is 58.0 Å². The van der Waals surface area contributed by atoms with Gasteiger partial charge in [0.2, 0.25) is 5.65 Å². The van der Waals surface area contributed by atoms with E-state index in [4.69, 9.17) is 5.10 Å². The summed E-state index contributed by atoms with van der Waals surface area (Å²) in [6, 6.07) is 8.36. The van der Waals surface area contributed by atoms with E-state index >= 15 is 0 Å². The van der Waals surface area contributed by atoms with Gasteiger partial charge in [0.05, 0.1) is 17.9 Å². The van der Waals surface area contributed by atoms with Crippen LogP contribution in [-0.2, 0) is 6.54 Å². The van der Waals surface area contributed by atoms with Crippen molar-refractivity contribution in [2.24, 2.45) is 0 Å². The SMILES string of the molecule is CCC(CC)Nc1cc(NCc2ccccn2)c2nnc(C3CC3)n2n1. The molecule has 136 valence electrons. The standard InChI is InChI=1S/C19H25N7/c1-3-14(4-2)22-17-11-16(21-12-15-7-5-6-10-20-15)19-24-23-18(13-8-9-13)26(19)25-17/h5-7,10-11,13-14,21H,3-4,8-9,12H2,1-2H3,(H,22,25). The van der Waals surface area contributed by atoms with E-state index in [-0.39, 0.29) is 0 Å². The number of nitrogens with zero attached hydrogens (tertiary/aromatic N) is 5. The van der Waals surface area contributed by atoms with Crippen LogP contribution in [0.4, 0.5) is 11.5 Å². The van der Waals surface area contributed by atoms with Crippen molar-refractivity contribution in [1.82, 2.24) is 24.8 Å². The molecule has 1 fully saturated rings. The molecule has 0 atom stereocenters. The molecule has 3 aromatic heterocycles. The summed E-state index contributed by atoms with van der Waals surface area (Å²) in [6.45, 7) is 5.01. The summed E-state index contributed by atoms with van der Waals surface area (Å²) in [5, 5.41) is 20.6. The highest BCUT2D eigenvalue weighted by atomic mass is 15.4. The second kappa shape index (κ2) is 7.27. The van der Waals surface area contributed by atoms with Crippen LogP contribution in [0.3, 0.4) is 0 Å². The van der Waals surface area contributed by atoms with Gasteiger partial charge in [-0.25, -0.2) is 0 Å². The first kappa shape index (κ1) is 16.8. The Bertz CT molecular complexity index is 866. The van der Waals surface area contributed by atoms with E-state index in [1.807, 2.05) is 35.0 Å². The minimum absolute atomic E-state index is 0.407. The first-order chi connectivity index (χ1) is 12.8. The Labute approximate surface area is 153 Å². The summed E-state index contributed by atoms with van der Waals surface area (Å²) in [6.07, 6.45) is 6.27. The van der Waals surface area contributed by atoms with Gasteiger partial charge >= 0.3 is 0 Å². The highest BCUT2D eigenvalue weighted by Gasteiger charge is 2.30. The maximum Gasteiger partial charge on any atom is 0.201 e. The molecule has 1 aliphatic carbocycles. The fourth-order valence-electron chi connectivity index (χ4n) is 3.08. The molecule has 0 amide bonds. The summed E-state index contributed by atoms with van der Waals surface area (Å²) < 4.78 is 1.91. The fraction of sp³-hybridized carbons (Fsp3) is 0.474. The van der Waals surface area contributed by atoms with Gasteiger partial charge in [0.25, 0.3) is 0 Å². The molecule has 0 spiro atoms. The molecule has 3 aromatic rings. The second-order valence-corrected chi connectivity index (χ2v) is 6.84. The number of hydrogen-bond acceptors (Lipinski definition) is 6. The maximum atomic E-state index is 4.77. The molecule has 7 heteroatoms. The molecule has 3 heterocycles. The predicted octanol–water partition coefficient (Wildman–Crippen LogP) is 3.61. The van der Waals surface area contributed by atoms with Gasteiger partial charge in [-0.15, -0.1) is 15.3 Å². The first-order valence-corrected chi connectivity index (χ1v) is 9.45. The number of anilines is 2. The Hall–Kier alpha value is -2.70. The normalized spacial score (nSPS) is 14.1. The third-order valence-corrected chi connectivity index (χ3v) is 4.86. The second-order valence-electron chi connectivity index (χ2n) is 6.84. The molecule has 0 aliphatic heterocycles. The number of aromatic nitrogens is 5. The lowest BCUT2D eigenvalue weighted by Gasteiger charge is -2.17. The molecule has 1 aliphatic rings. The topological polar surface area (TPSA) is 80.0 Å². The third-order valence-electron chi connectivity index (χ3n) is 4.86. The highest BCUT2D eigenvalue weighted by Crippen LogP contribution is 2.39. The van der Waals surface area contributed by atoms with Gasteiger partial charge in [-0.3, -0.25) is 4.98 Å². The minimum atomic E-state index is 0.407. The van der Waals surface area contributed by atoms with E-state index in [0.29, 0.717) is 18.5 Å². The van der Waals surface area contributed by atoms with Gasteiger partial charge in [0.1, 0.15) is 5.82 Å². The van der Waals surface area contributed by atoms with E-state index in [9.17, 15) is 0 Å². The van der Waals surface area contributed by atoms with Crippen LogP contribution in [0.25, 0.3) is 5.65 Å². The van der Waals surface area contributed by atoms with E-state index in [1.165, 1.54) is 12.8 Å². The van der Waals surface area contributed by atoms with E-state index < -0.39 is 0 Å². The molecule has 0 saturated heterocycles. The van der Waals surface area contributed by atoms with E-state index in [0.717, 1.165) is 41.5 Å². The average molecular weight is 351 g/mol. The van der Waals surface area contributed by atoms with Gasteiger partial charge < -0.3 is 10.6 Å². The summed E-state index contributed by atoms with van der Waals surface area (Å²) in [7, 11) is 0.